The van der Waals surface area contributed by atoms with E-state index in [2.05, 4.69) is 15.9 Å². The highest BCUT2D eigenvalue weighted by Crippen LogP contribution is 2.61. The lowest BCUT2D eigenvalue weighted by Gasteiger charge is -2.58. The fourth-order valence-corrected chi connectivity index (χ4v) is 5.25. The van der Waals surface area contributed by atoms with Gasteiger partial charge in [0.05, 0.1) is 23.0 Å². The van der Waals surface area contributed by atoms with Gasteiger partial charge in [0.2, 0.25) is 0 Å². The molecule has 0 aromatic heterocycles. The second-order valence-corrected chi connectivity index (χ2v) is 7.90. The second kappa shape index (κ2) is 5.15. The lowest BCUT2D eigenvalue weighted by Crippen LogP contribution is -2.58. The highest BCUT2D eigenvalue weighted by Gasteiger charge is 2.60. The third-order valence-corrected chi connectivity index (χ3v) is 6.18. The molecule has 0 heterocycles. The van der Waals surface area contributed by atoms with Crippen molar-refractivity contribution in [1.82, 2.24) is 0 Å². The number of carbonyl (C=O) groups excluding carboxylic acids is 1. The SMILES string of the molecule is O=C(OCCC(F)(F)CBr)C12CC3CC(CC(O)(C3)C1)C2. The molecule has 0 aromatic carbocycles. The van der Waals surface area contributed by atoms with Crippen molar-refractivity contribution in [2.45, 2.75) is 56.5 Å². The molecule has 4 fully saturated rings. The van der Waals surface area contributed by atoms with Gasteiger partial charge in [-0.2, -0.15) is 0 Å². The van der Waals surface area contributed by atoms with Crippen LogP contribution in [0.2, 0.25) is 0 Å². The number of esters is 1. The first-order valence-electron chi connectivity index (χ1n) is 7.59. The summed E-state index contributed by atoms with van der Waals surface area (Å²) in [7, 11) is 0. The van der Waals surface area contributed by atoms with Crippen molar-refractivity contribution >= 4 is 21.9 Å². The predicted octanol–water partition coefficient (Wildman–Crippen LogP) is 3.28. The molecule has 120 valence electrons. The van der Waals surface area contributed by atoms with E-state index < -0.39 is 28.7 Å². The van der Waals surface area contributed by atoms with Gasteiger partial charge >= 0.3 is 5.97 Å². The van der Waals surface area contributed by atoms with Gasteiger partial charge in [0.1, 0.15) is 0 Å². The maximum atomic E-state index is 13.1. The largest absolute Gasteiger partial charge is 0.465 e. The number of halogens is 3. The molecule has 0 aliphatic heterocycles. The van der Waals surface area contributed by atoms with E-state index in [4.69, 9.17) is 4.74 Å². The van der Waals surface area contributed by atoms with E-state index in [0.29, 0.717) is 18.3 Å². The lowest BCUT2D eigenvalue weighted by molar-refractivity contribution is -0.197. The Kier molecular flexibility index (Phi) is 3.84. The van der Waals surface area contributed by atoms with E-state index in [0.717, 1.165) is 32.1 Å². The summed E-state index contributed by atoms with van der Waals surface area (Å²) in [5.74, 6) is -2.46. The van der Waals surface area contributed by atoms with Gasteiger partial charge in [-0.25, -0.2) is 8.78 Å². The van der Waals surface area contributed by atoms with Crippen molar-refractivity contribution in [3.63, 3.8) is 0 Å². The summed E-state index contributed by atoms with van der Waals surface area (Å²) >= 11 is 2.75. The molecule has 3 nitrogen and oxygen atoms in total. The van der Waals surface area contributed by atoms with Crippen molar-refractivity contribution < 1.29 is 23.4 Å². The average molecular weight is 367 g/mol. The molecule has 1 N–H and O–H groups in total. The Labute approximate surface area is 131 Å². The van der Waals surface area contributed by atoms with Crippen LogP contribution >= 0.6 is 15.9 Å². The minimum Gasteiger partial charge on any atom is -0.465 e. The van der Waals surface area contributed by atoms with E-state index in [1.54, 1.807) is 0 Å². The Hall–Kier alpha value is -0.230. The first-order chi connectivity index (χ1) is 9.76. The van der Waals surface area contributed by atoms with Crippen LogP contribution in [0.25, 0.3) is 0 Å². The minimum atomic E-state index is -2.85. The van der Waals surface area contributed by atoms with Gasteiger partial charge in [-0.3, -0.25) is 4.79 Å². The highest BCUT2D eigenvalue weighted by atomic mass is 79.9. The molecule has 2 unspecified atom stereocenters. The van der Waals surface area contributed by atoms with Crippen molar-refractivity contribution in [2.75, 3.05) is 11.9 Å². The van der Waals surface area contributed by atoms with Crippen LogP contribution in [0.5, 0.6) is 0 Å². The van der Waals surface area contributed by atoms with Crippen molar-refractivity contribution in [1.29, 1.82) is 0 Å². The molecule has 6 heteroatoms. The third-order valence-electron chi connectivity index (χ3n) is 5.36. The molecule has 4 saturated carbocycles. The first kappa shape index (κ1) is 15.7. The molecule has 0 aromatic rings. The summed E-state index contributed by atoms with van der Waals surface area (Å²) in [6.45, 7) is -0.257. The standard InChI is InChI=1S/C15H21BrF2O3/c16-9-15(17,18)1-2-21-12(19)13-4-10-3-11(5-13)7-14(20,6-10)8-13/h10-11,20H,1-9H2. The number of hydrogen-bond donors (Lipinski definition) is 1. The zero-order valence-corrected chi connectivity index (χ0v) is 13.5. The van der Waals surface area contributed by atoms with Crippen molar-refractivity contribution in [3.8, 4) is 0 Å². The Balaban J connectivity index is 1.62. The van der Waals surface area contributed by atoms with E-state index in [1.807, 2.05) is 0 Å². The molecule has 4 bridgehead atoms. The fourth-order valence-electron chi connectivity index (χ4n) is 4.97. The number of hydrogen-bond acceptors (Lipinski definition) is 3. The van der Waals surface area contributed by atoms with E-state index >= 15 is 0 Å². The zero-order chi connectivity index (χ0) is 15.3. The summed E-state index contributed by atoms with van der Waals surface area (Å²) in [6.07, 6.45) is 4.12. The molecular formula is C15H21BrF2O3. The average Bonchev–Trinajstić information content (AvgIpc) is 2.35. The Morgan fingerprint density at radius 2 is 1.90 bits per heavy atom. The molecule has 21 heavy (non-hydrogen) atoms. The number of rotatable bonds is 5. The van der Waals surface area contributed by atoms with Gasteiger partial charge in [0.25, 0.3) is 5.92 Å². The highest BCUT2D eigenvalue weighted by molar-refractivity contribution is 9.09. The zero-order valence-electron chi connectivity index (χ0n) is 11.9. The van der Waals surface area contributed by atoms with E-state index in [1.165, 1.54) is 0 Å². The molecule has 4 rings (SSSR count). The topological polar surface area (TPSA) is 46.5 Å². The van der Waals surface area contributed by atoms with Crippen LogP contribution in [0.15, 0.2) is 0 Å². The first-order valence-corrected chi connectivity index (χ1v) is 8.72. The molecule has 4 aliphatic carbocycles. The summed E-state index contributed by atoms with van der Waals surface area (Å²) in [5.41, 5.74) is -1.36. The molecule has 4 aliphatic rings. The molecule has 0 amide bonds. The van der Waals surface area contributed by atoms with Gasteiger partial charge in [0, 0.05) is 6.42 Å². The summed E-state index contributed by atoms with van der Waals surface area (Å²) in [5, 5.41) is 10.2. The number of carbonyl (C=O) groups is 1. The van der Waals surface area contributed by atoms with Crippen LogP contribution in [-0.2, 0) is 9.53 Å². The van der Waals surface area contributed by atoms with Gasteiger partial charge in [-0.15, -0.1) is 0 Å². The molecule has 0 saturated heterocycles. The van der Waals surface area contributed by atoms with Crippen LogP contribution < -0.4 is 0 Å². The number of ether oxygens (including phenoxy) is 1. The summed E-state index contributed by atoms with van der Waals surface area (Å²) < 4.78 is 31.5. The van der Waals surface area contributed by atoms with Gasteiger partial charge in [-0.05, 0) is 50.4 Å². The smallest absolute Gasteiger partial charge is 0.312 e. The van der Waals surface area contributed by atoms with Crippen LogP contribution in [0, 0.1) is 17.3 Å². The minimum absolute atomic E-state index is 0.257. The van der Waals surface area contributed by atoms with Crippen molar-refractivity contribution in [3.05, 3.63) is 0 Å². The Morgan fingerprint density at radius 3 is 2.43 bits per heavy atom. The normalized spacial score (nSPS) is 41.3. The fraction of sp³-hybridized carbons (Fsp3) is 0.933. The molecule has 2 atom stereocenters. The summed E-state index contributed by atoms with van der Waals surface area (Å²) in [6, 6.07) is 0. The molecule has 0 radical (unpaired) electrons. The Bertz CT molecular complexity index is 427. The third kappa shape index (κ3) is 2.98. The monoisotopic (exact) mass is 366 g/mol. The van der Waals surface area contributed by atoms with E-state index in [-0.39, 0.29) is 12.6 Å². The summed E-state index contributed by atoms with van der Waals surface area (Å²) in [4.78, 5) is 12.4. The van der Waals surface area contributed by atoms with Gasteiger partial charge < -0.3 is 9.84 Å². The van der Waals surface area contributed by atoms with Crippen LogP contribution in [0.3, 0.4) is 0 Å². The lowest BCUT2D eigenvalue weighted by atomic mass is 9.48. The quantitative estimate of drug-likeness (QED) is 0.599. The van der Waals surface area contributed by atoms with Crippen molar-refractivity contribution in [2.24, 2.45) is 17.3 Å². The Morgan fingerprint density at radius 1 is 1.29 bits per heavy atom. The number of aliphatic hydroxyl groups is 1. The van der Waals surface area contributed by atoms with Crippen LogP contribution in [0.1, 0.15) is 44.9 Å². The second-order valence-electron chi connectivity index (χ2n) is 7.34. The van der Waals surface area contributed by atoms with Crippen LogP contribution in [0.4, 0.5) is 8.78 Å². The van der Waals surface area contributed by atoms with Crippen LogP contribution in [-0.4, -0.2) is 34.5 Å². The van der Waals surface area contributed by atoms with Gasteiger partial charge in [-0.1, -0.05) is 15.9 Å². The maximum Gasteiger partial charge on any atom is 0.312 e. The molecular weight excluding hydrogens is 346 g/mol. The van der Waals surface area contributed by atoms with E-state index in [9.17, 15) is 18.7 Å². The maximum absolute atomic E-state index is 13.1. The predicted molar refractivity (Wildman–Crippen MR) is 76.4 cm³/mol. The molecule has 0 spiro atoms. The van der Waals surface area contributed by atoms with Gasteiger partial charge in [0.15, 0.2) is 0 Å². The number of alkyl halides is 3.